The first-order valence-corrected chi connectivity index (χ1v) is 4.23. The first kappa shape index (κ1) is 11.4. The highest BCUT2D eigenvalue weighted by molar-refractivity contribution is 6.32. The molecule has 0 aromatic carbocycles. The Bertz CT molecular complexity index is 313. The molecule has 1 amide bonds. The maximum Gasteiger partial charge on any atom is 0.397 e. The number of nitrogens with zero attached hydrogens (tertiary/aromatic N) is 1. The molecule has 15 heavy (non-hydrogen) atoms. The van der Waals surface area contributed by atoms with Gasteiger partial charge in [0.25, 0.3) is 6.08 Å². The normalized spacial score (nSPS) is 13.9. The zero-order valence-electron chi connectivity index (χ0n) is 7.78. The molecule has 1 aliphatic heterocycles. The van der Waals surface area contributed by atoms with E-state index in [0.29, 0.717) is 19.2 Å². The lowest BCUT2D eigenvalue weighted by Gasteiger charge is -2.13. The first-order valence-electron chi connectivity index (χ1n) is 4.23. The van der Waals surface area contributed by atoms with Crippen molar-refractivity contribution < 1.29 is 23.1 Å². The standard InChI is InChI=1S/C9H9F2NO3/c10-7(11)3-6-15-9(14)8(13)12-4-1-2-5-12/h1-3H,4-6H2. The molecule has 0 spiro atoms. The van der Waals surface area contributed by atoms with Gasteiger partial charge in [0, 0.05) is 19.2 Å². The molecule has 1 rings (SSSR count). The topological polar surface area (TPSA) is 46.6 Å². The molecule has 0 saturated heterocycles. The summed E-state index contributed by atoms with van der Waals surface area (Å²) in [6, 6.07) is 0. The van der Waals surface area contributed by atoms with Crippen molar-refractivity contribution in [2.24, 2.45) is 0 Å². The van der Waals surface area contributed by atoms with Crippen molar-refractivity contribution >= 4 is 11.9 Å². The number of carbonyl (C=O) groups excluding carboxylic acids is 2. The Hall–Kier alpha value is -1.72. The minimum absolute atomic E-state index is 0.348. The van der Waals surface area contributed by atoms with Gasteiger partial charge in [-0.05, 0) is 0 Å². The first-order chi connectivity index (χ1) is 7.11. The Morgan fingerprint density at radius 3 is 2.47 bits per heavy atom. The van der Waals surface area contributed by atoms with Crippen LogP contribution in [0.15, 0.2) is 24.3 Å². The van der Waals surface area contributed by atoms with Crippen molar-refractivity contribution in [2.75, 3.05) is 19.7 Å². The highest BCUT2D eigenvalue weighted by atomic mass is 19.3. The Balaban J connectivity index is 2.33. The van der Waals surface area contributed by atoms with Crippen LogP contribution in [-0.4, -0.2) is 36.5 Å². The maximum atomic E-state index is 11.6. The Morgan fingerprint density at radius 2 is 1.93 bits per heavy atom. The SMILES string of the molecule is O=C(OCC=C(F)F)C(=O)N1CC=CC1. The molecule has 6 heteroatoms. The third-order valence-corrected chi connectivity index (χ3v) is 1.73. The third-order valence-electron chi connectivity index (χ3n) is 1.73. The van der Waals surface area contributed by atoms with Crippen LogP contribution in [0.5, 0.6) is 0 Å². The van der Waals surface area contributed by atoms with Gasteiger partial charge in [0.15, 0.2) is 0 Å². The van der Waals surface area contributed by atoms with E-state index in [4.69, 9.17) is 0 Å². The summed E-state index contributed by atoms with van der Waals surface area (Å²) in [5.41, 5.74) is 0. The molecular weight excluding hydrogens is 208 g/mol. The van der Waals surface area contributed by atoms with E-state index in [-0.39, 0.29) is 0 Å². The number of halogens is 2. The number of amides is 1. The summed E-state index contributed by atoms with van der Waals surface area (Å²) in [7, 11) is 0. The van der Waals surface area contributed by atoms with Gasteiger partial charge in [-0.2, -0.15) is 8.78 Å². The largest absolute Gasteiger partial charge is 0.454 e. The van der Waals surface area contributed by atoms with Crippen LogP contribution < -0.4 is 0 Å². The van der Waals surface area contributed by atoms with Crippen LogP contribution in [0, 0.1) is 0 Å². The van der Waals surface area contributed by atoms with E-state index >= 15 is 0 Å². The second-order valence-corrected chi connectivity index (χ2v) is 2.77. The molecule has 0 fully saturated rings. The number of rotatable bonds is 2. The number of ether oxygens (including phenoxy) is 1. The Labute approximate surface area is 84.8 Å². The summed E-state index contributed by atoms with van der Waals surface area (Å²) in [6.45, 7) is 0.108. The quantitative estimate of drug-likeness (QED) is 0.388. The molecular formula is C9H9F2NO3. The van der Waals surface area contributed by atoms with Gasteiger partial charge < -0.3 is 9.64 Å². The molecule has 4 nitrogen and oxygen atoms in total. The Kier molecular flexibility index (Phi) is 3.96. The molecule has 0 aromatic heterocycles. The Morgan fingerprint density at radius 1 is 1.33 bits per heavy atom. The van der Waals surface area contributed by atoms with Crippen LogP contribution in [0.3, 0.4) is 0 Å². The van der Waals surface area contributed by atoms with Crippen molar-refractivity contribution in [3.8, 4) is 0 Å². The number of hydrogen-bond acceptors (Lipinski definition) is 3. The molecule has 1 heterocycles. The fourth-order valence-corrected chi connectivity index (χ4v) is 1.02. The molecule has 0 N–H and O–H groups in total. The minimum atomic E-state index is -1.95. The monoisotopic (exact) mass is 217 g/mol. The second kappa shape index (κ2) is 5.23. The fraction of sp³-hybridized carbons (Fsp3) is 0.333. The molecule has 1 aliphatic rings. The summed E-state index contributed by atoms with van der Waals surface area (Å²) in [4.78, 5) is 23.5. The summed E-state index contributed by atoms with van der Waals surface area (Å²) >= 11 is 0. The number of esters is 1. The van der Waals surface area contributed by atoms with Gasteiger partial charge in [0.05, 0.1) is 0 Å². The van der Waals surface area contributed by atoms with Crippen molar-refractivity contribution in [2.45, 2.75) is 0 Å². The van der Waals surface area contributed by atoms with E-state index in [1.54, 1.807) is 12.2 Å². The van der Waals surface area contributed by atoms with Crippen molar-refractivity contribution in [1.82, 2.24) is 4.90 Å². The highest BCUT2D eigenvalue weighted by Crippen LogP contribution is 2.01. The minimum Gasteiger partial charge on any atom is -0.454 e. The van der Waals surface area contributed by atoms with Crippen LogP contribution in [0.2, 0.25) is 0 Å². The lowest BCUT2D eigenvalue weighted by molar-refractivity contribution is -0.158. The van der Waals surface area contributed by atoms with Gasteiger partial charge >= 0.3 is 11.9 Å². The molecule has 0 radical (unpaired) electrons. The maximum absolute atomic E-state index is 11.6. The average molecular weight is 217 g/mol. The molecule has 0 atom stereocenters. The van der Waals surface area contributed by atoms with E-state index in [0.717, 1.165) is 0 Å². The predicted octanol–water partition coefficient (Wildman–Crippen LogP) is 0.708. The summed E-state index contributed by atoms with van der Waals surface area (Å²) in [5.74, 6) is -1.93. The van der Waals surface area contributed by atoms with Crippen LogP contribution in [0.4, 0.5) is 8.78 Å². The van der Waals surface area contributed by atoms with Crippen LogP contribution >= 0.6 is 0 Å². The van der Waals surface area contributed by atoms with Crippen molar-refractivity contribution in [1.29, 1.82) is 0 Å². The lowest BCUT2D eigenvalue weighted by atomic mass is 10.5. The van der Waals surface area contributed by atoms with Crippen molar-refractivity contribution in [3.63, 3.8) is 0 Å². The van der Waals surface area contributed by atoms with E-state index in [1.165, 1.54) is 4.90 Å². The molecule has 0 aliphatic carbocycles. The van der Waals surface area contributed by atoms with Gasteiger partial charge in [-0.15, -0.1) is 0 Å². The van der Waals surface area contributed by atoms with E-state index in [1.807, 2.05) is 0 Å². The van der Waals surface area contributed by atoms with Gasteiger partial charge in [0.2, 0.25) is 0 Å². The van der Waals surface area contributed by atoms with Crippen LogP contribution in [-0.2, 0) is 14.3 Å². The predicted molar refractivity (Wildman–Crippen MR) is 47.0 cm³/mol. The van der Waals surface area contributed by atoms with Crippen LogP contribution in [0.1, 0.15) is 0 Å². The molecule has 0 aromatic rings. The summed E-state index contributed by atoms with van der Waals surface area (Å²) < 4.78 is 27.4. The van der Waals surface area contributed by atoms with E-state index < -0.39 is 24.6 Å². The van der Waals surface area contributed by atoms with Gasteiger partial charge in [-0.25, -0.2) is 4.79 Å². The third kappa shape index (κ3) is 3.49. The highest BCUT2D eigenvalue weighted by Gasteiger charge is 2.23. The smallest absolute Gasteiger partial charge is 0.397 e. The summed E-state index contributed by atoms with van der Waals surface area (Å²) in [5, 5.41) is 0. The molecule has 0 bridgehead atoms. The number of hydrogen-bond donors (Lipinski definition) is 0. The van der Waals surface area contributed by atoms with Crippen molar-refractivity contribution in [3.05, 3.63) is 24.3 Å². The lowest BCUT2D eigenvalue weighted by Crippen LogP contribution is -2.35. The molecule has 0 saturated carbocycles. The fourth-order valence-electron chi connectivity index (χ4n) is 1.02. The number of carbonyl (C=O) groups is 2. The van der Waals surface area contributed by atoms with Gasteiger partial charge in [0.1, 0.15) is 6.61 Å². The van der Waals surface area contributed by atoms with E-state index in [2.05, 4.69) is 4.74 Å². The van der Waals surface area contributed by atoms with Gasteiger partial charge in [-0.1, -0.05) is 12.2 Å². The summed E-state index contributed by atoms with van der Waals surface area (Å²) in [6.07, 6.45) is 1.93. The van der Waals surface area contributed by atoms with E-state index in [9.17, 15) is 18.4 Å². The van der Waals surface area contributed by atoms with Crippen LogP contribution in [0.25, 0.3) is 0 Å². The second-order valence-electron chi connectivity index (χ2n) is 2.77. The molecule has 0 unspecified atom stereocenters. The molecule has 82 valence electrons. The van der Waals surface area contributed by atoms with Gasteiger partial charge in [-0.3, -0.25) is 4.79 Å². The zero-order chi connectivity index (χ0) is 11.3. The average Bonchev–Trinajstić information content (AvgIpc) is 2.68. The zero-order valence-corrected chi connectivity index (χ0v) is 7.78.